The highest BCUT2D eigenvalue weighted by molar-refractivity contribution is 5.90. The lowest BCUT2D eigenvalue weighted by atomic mass is 10.2. The van der Waals surface area contributed by atoms with Crippen LogP contribution in [0.25, 0.3) is 0 Å². The summed E-state index contributed by atoms with van der Waals surface area (Å²) in [5.74, 6) is -2.52. The van der Waals surface area contributed by atoms with Crippen molar-refractivity contribution in [1.29, 1.82) is 0 Å². The van der Waals surface area contributed by atoms with Gasteiger partial charge < -0.3 is 25.8 Å². The molecule has 4 N–H and O–H groups in total. The molecule has 0 radical (unpaired) electrons. The third-order valence-electron chi connectivity index (χ3n) is 4.06. The van der Waals surface area contributed by atoms with E-state index in [1.54, 1.807) is 24.3 Å². The lowest BCUT2D eigenvalue weighted by Gasteiger charge is -2.12. The molecule has 2 aromatic rings. The number of hydrogen-bond acceptors (Lipinski definition) is 7. The number of esters is 2. The molecule has 9 nitrogen and oxygen atoms in total. The molecular formula is C22H25N3O6. The molecule has 0 fully saturated rings. The summed E-state index contributed by atoms with van der Waals surface area (Å²) in [6.45, 7) is -0.527. The molecule has 0 aliphatic carbocycles. The first-order valence-electron chi connectivity index (χ1n) is 9.63. The number of hydrogen-bond donors (Lipinski definition) is 3. The smallest absolute Gasteiger partial charge is 0.325 e. The predicted molar refractivity (Wildman–Crippen MR) is 111 cm³/mol. The van der Waals surface area contributed by atoms with Gasteiger partial charge in [0.05, 0.1) is 12.5 Å². The van der Waals surface area contributed by atoms with Crippen molar-refractivity contribution < 1.29 is 28.7 Å². The number of benzene rings is 2. The van der Waals surface area contributed by atoms with E-state index in [-0.39, 0.29) is 32.7 Å². The molecule has 9 heteroatoms. The normalized spacial score (nSPS) is 11.1. The standard InChI is InChI=1S/C22H25N3O6/c23-18(22(29)25-13-21(28)31-15-17-9-5-2-6-10-17)11-19(26)24-12-20(27)30-14-16-7-3-1-4-8-16/h1-10,18H,11-15,23H2,(H,24,26)(H,25,29). The second kappa shape index (κ2) is 12.8. The summed E-state index contributed by atoms with van der Waals surface area (Å²) < 4.78 is 10.1. The van der Waals surface area contributed by atoms with E-state index in [0.29, 0.717) is 0 Å². The molecule has 0 saturated carbocycles. The Morgan fingerprint density at radius 1 is 0.742 bits per heavy atom. The van der Waals surface area contributed by atoms with Gasteiger partial charge in [-0.3, -0.25) is 19.2 Å². The van der Waals surface area contributed by atoms with E-state index in [0.717, 1.165) is 11.1 Å². The Balaban J connectivity index is 1.59. The maximum absolute atomic E-state index is 11.9. The number of rotatable bonds is 11. The van der Waals surface area contributed by atoms with E-state index in [2.05, 4.69) is 10.6 Å². The van der Waals surface area contributed by atoms with E-state index in [9.17, 15) is 19.2 Å². The fourth-order valence-corrected chi connectivity index (χ4v) is 2.40. The van der Waals surface area contributed by atoms with Gasteiger partial charge in [0.15, 0.2) is 0 Å². The van der Waals surface area contributed by atoms with Crippen LogP contribution in [-0.2, 0) is 41.9 Å². The van der Waals surface area contributed by atoms with E-state index < -0.39 is 29.8 Å². The van der Waals surface area contributed by atoms with Crippen LogP contribution in [-0.4, -0.2) is 42.9 Å². The minimum absolute atomic E-state index is 0.0877. The topological polar surface area (TPSA) is 137 Å². The summed E-state index contributed by atoms with van der Waals surface area (Å²) in [7, 11) is 0. The number of amides is 2. The van der Waals surface area contributed by atoms with Crippen LogP contribution in [0, 0.1) is 0 Å². The van der Waals surface area contributed by atoms with E-state index in [1.165, 1.54) is 0 Å². The SMILES string of the molecule is NC(CC(=O)NCC(=O)OCc1ccccc1)C(=O)NCC(=O)OCc1ccccc1. The first kappa shape index (κ1) is 23.6. The second-order valence-corrected chi connectivity index (χ2v) is 6.60. The maximum Gasteiger partial charge on any atom is 0.325 e. The van der Waals surface area contributed by atoms with Crippen molar-refractivity contribution in [3.8, 4) is 0 Å². The number of nitrogens with two attached hydrogens (primary N) is 1. The monoisotopic (exact) mass is 427 g/mol. The molecule has 0 bridgehead atoms. The Morgan fingerprint density at radius 2 is 1.19 bits per heavy atom. The van der Waals surface area contributed by atoms with Crippen molar-refractivity contribution in [2.75, 3.05) is 13.1 Å². The molecule has 2 rings (SSSR count). The van der Waals surface area contributed by atoms with E-state index in [4.69, 9.17) is 15.2 Å². The molecule has 0 aromatic heterocycles. The molecule has 1 atom stereocenters. The minimum atomic E-state index is -1.18. The molecule has 1 unspecified atom stereocenters. The quantitative estimate of drug-likeness (QED) is 0.442. The maximum atomic E-state index is 11.9. The summed E-state index contributed by atoms with van der Waals surface area (Å²) in [5, 5.41) is 4.66. The van der Waals surface area contributed by atoms with Gasteiger partial charge in [-0.05, 0) is 11.1 Å². The Labute approximate surface area is 179 Å². The van der Waals surface area contributed by atoms with Crippen molar-refractivity contribution in [3.05, 3.63) is 71.8 Å². The van der Waals surface area contributed by atoms with Crippen LogP contribution in [0.15, 0.2) is 60.7 Å². The molecule has 164 valence electrons. The molecular weight excluding hydrogens is 402 g/mol. The van der Waals surface area contributed by atoms with Crippen molar-refractivity contribution in [2.45, 2.75) is 25.7 Å². The largest absolute Gasteiger partial charge is 0.460 e. The van der Waals surface area contributed by atoms with E-state index in [1.807, 2.05) is 36.4 Å². The highest BCUT2D eigenvalue weighted by Crippen LogP contribution is 2.01. The van der Waals surface area contributed by atoms with E-state index >= 15 is 0 Å². The van der Waals surface area contributed by atoms with Crippen LogP contribution in [0.4, 0.5) is 0 Å². The highest BCUT2D eigenvalue weighted by Gasteiger charge is 2.19. The van der Waals surface area contributed by atoms with Crippen LogP contribution in [0.2, 0.25) is 0 Å². The molecule has 0 heterocycles. The zero-order valence-electron chi connectivity index (χ0n) is 16.9. The van der Waals surface area contributed by atoms with Crippen LogP contribution < -0.4 is 16.4 Å². The third-order valence-corrected chi connectivity index (χ3v) is 4.06. The average Bonchev–Trinajstić information content (AvgIpc) is 2.79. The fraction of sp³-hybridized carbons (Fsp3) is 0.273. The van der Waals surface area contributed by atoms with Crippen molar-refractivity contribution >= 4 is 23.8 Å². The highest BCUT2D eigenvalue weighted by atomic mass is 16.5. The summed E-state index contributed by atoms with van der Waals surface area (Å²) in [6, 6.07) is 17.0. The Hall–Kier alpha value is -3.72. The van der Waals surface area contributed by atoms with Crippen LogP contribution in [0.3, 0.4) is 0 Å². The second-order valence-electron chi connectivity index (χ2n) is 6.60. The molecule has 0 spiro atoms. The molecule has 2 aromatic carbocycles. The summed E-state index contributed by atoms with van der Waals surface area (Å²) in [4.78, 5) is 47.2. The predicted octanol–water partition coefficient (Wildman–Crippen LogP) is 0.423. The van der Waals surface area contributed by atoms with Gasteiger partial charge in [0, 0.05) is 0 Å². The molecule has 0 aliphatic heterocycles. The molecule has 0 saturated heterocycles. The van der Waals surface area contributed by atoms with Crippen molar-refractivity contribution in [2.24, 2.45) is 5.73 Å². The Morgan fingerprint density at radius 3 is 1.68 bits per heavy atom. The zero-order chi connectivity index (χ0) is 22.5. The fourth-order valence-electron chi connectivity index (χ4n) is 2.40. The summed E-state index contributed by atoms with van der Waals surface area (Å²) >= 11 is 0. The zero-order valence-corrected chi connectivity index (χ0v) is 16.9. The number of carbonyl (C=O) groups excluding carboxylic acids is 4. The number of nitrogens with one attached hydrogen (secondary N) is 2. The van der Waals surface area contributed by atoms with Gasteiger partial charge in [0.2, 0.25) is 11.8 Å². The lowest BCUT2D eigenvalue weighted by Crippen LogP contribution is -2.46. The van der Waals surface area contributed by atoms with Gasteiger partial charge in [0.1, 0.15) is 26.3 Å². The first-order valence-corrected chi connectivity index (χ1v) is 9.63. The van der Waals surface area contributed by atoms with Gasteiger partial charge in [0.25, 0.3) is 0 Å². The van der Waals surface area contributed by atoms with Crippen LogP contribution >= 0.6 is 0 Å². The number of carbonyl (C=O) groups is 4. The van der Waals surface area contributed by atoms with Gasteiger partial charge >= 0.3 is 11.9 Å². The Kier molecular flexibility index (Phi) is 9.70. The average molecular weight is 427 g/mol. The van der Waals surface area contributed by atoms with Crippen molar-refractivity contribution in [1.82, 2.24) is 10.6 Å². The van der Waals surface area contributed by atoms with Crippen LogP contribution in [0.1, 0.15) is 17.5 Å². The Bertz CT molecular complexity index is 873. The number of ether oxygens (including phenoxy) is 2. The van der Waals surface area contributed by atoms with Crippen LogP contribution in [0.5, 0.6) is 0 Å². The summed E-state index contributed by atoms with van der Waals surface area (Å²) in [6.07, 6.45) is -0.350. The molecule has 2 amide bonds. The minimum Gasteiger partial charge on any atom is -0.460 e. The van der Waals surface area contributed by atoms with Gasteiger partial charge in [-0.15, -0.1) is 0 Å². The molecule has 0 aliphatic rings. The van der Waals surface area contributed by atoms with Gasteiger partial charge in [-0.2, -0.15) is 0 Å². The summed E-state index contributed by atoms with van der Waals surface area (Å²) in [5.41, 5.74) is 7.31. The van der Waals surface area contributed by atoms with Gasteiger partial charge in [-0.1, -0.05) is 60.7 Å². The lowest BCUT2D eigenvalue weighted by molar-refractivity contribution is -0.146. The molecule has 31 heavy (non-hydrogen) atoms. The van der Waals surface area contributed by atoms with Crippen molar-refractivity contribution in [3.63, 3.8) is 0 Å². The third kappa shape index (κ3) is 9.55. The first-order chi connectivity index (χ1) is 14.9. The van der Waals surface area contributed by atoms with Gasteiger partial charge in [-0.25, -0.2) is 0 Å².